The second kappa shape index (κ2) is 10.6. The summed E-state index contributed by atoms with van der Waals surface area (Å²) >= 11 is 0. The third-order valence-electron chi connectivity index (χ3n) is 5.27. The van der Waals surface area contributed by atoms with Crippen LogP contribution in [0.1, 0.15) is 30.5 Å². The van der Waals surface area contributed by atoms with Crippen LogP contribution in [0.25, 0.3) is 10.9 Å². The first-order valence-electron chi connectivity index (χ1n) is 11.2. The number of hydrogen-bond donors (Lipinski definition) is 2. The van der Waals surface area contributed by atoms with Crippen LogP contribution in [-0.2, 0) is 17.8 Å². The smallest absolute Gasteiger partial charge is 0.249 e. The molecule has 4 rings (SSSR count). The Morgan fingerprint density at radius 2 is 1.97 bits per heavy atom. The van der Waals surface area contributed by atoms with Crippen molar-refractivity contribution >= 4 is 34.1 Å². The number of amides is 1. The van der Waals surface area contributed by atoms with E-state index >= 15 is 0 Å². The summed E-state index contributed by atoms with van der Waals surface area (Å²) in [5.74, 6) is 1.68. The van der Waals surface area contributed by atoms with E-state index in [0.29, 0.717) is 23.8 Å². The van der Waals surface area contributed by atoms with Gasteiger partial charge in [-0.2, -0.15) is 0 Å². The van der Waals surface area contributed by atoms with Crippen LogP contribution in [-0.4, -0.2) is 20.9 Å². The molecule has 34 heavy (non-hydrogen) atoms. The second-order valence-corrected chi connectivity index (χ2v) is 7.88. The molecule has 0 aliphatic heterocycles. The molecule has 0 aliphatic rings. The van der Waals surface area contributed by atoms with E-state index in [0.717, 1.165) is 34.4 Å². The van der Waals surface area contributed by atoms with Crippen molar-refractivity contribution in [2.75, 3.05) is 10.6 Å². The zero-order valence-corrected chi connectivity index (χ0v) is 19.5. The number of aryl methyl sites for hydroxylation is 2. The van der Waals surface area contributed by atoms with Crippen molar-refractivity contribution in [3.8, 4) is 5.75 Å². The fraction of sp³-hybridized carbons (Fsp3) is 0.185. The van der Waals surface area contributed by atoms with Gasteiger partial charge in [0, 0.05) is 11.1 Å². The molecule has 0 fully saturated rings. The summed E-state index contributed by atoms with van der Waals surface area (Å²) in [6.45, 7) is 6.48. The molecule has 2 heterocycles. The molecule has 0 saturated carbocycles. The normalized spacial score (nSPS) is 11.0. The summed E-state index contributed by atoms with van der Waals surface area (Å²) in [5.41, 5.74) is 5.01. The number of nitrogens with zero attached hydrogens (tertiary/aromatic N) is 3. The van der Waals surface area contributed by atoms with Gasteiger partial charge in [0.25, 0.3) is 0 Å². The predicted molar refractivity (Wildman–Crippen MR) is 135 cm³/mol. The first kappa shape index (κ1) is 22.9. The summed E-state index contributed by atoms with van der Waals surface area (Å²) in [5, 5.41) is 6.88. The Balaban J connectivity index is 1.55. The van der Waals surface area contributed by atoms with Crippen LogP contribution < -0.4 is 15.4 Å². The lowest BCUT2D eigenvalue weighted by molar-refractivity contribution is -0.111. The molecule has 2 aromatic carbocycles. The highest BCUT2D eigenvalue weighted by molar-refractivity contribution is 6.00. The van der Waals surface area contributed by atoms with E-state index in [1.807, 2.05) is 18.2 Å². The fourth-order valence-corrected chi connectivity index (χ4v) is 3.62. The van der Waals surface area contributed by atoms with Crippen molar-refractivity contribution in [3.63, 3.8) is 0 Å². The maximum atomic E-state index is 11.9. The number of carbonyl (C=O) groups is 1. The maximum absolute atomic E-state index is 11.9. The highest BCUT2D eigenvalue weighted by atomic mass is 16.5. The lowest BCUT2D eigenvalue weighted by Gasteiger charge is -2.14. The molecule has 2 N–H and O–H groups in total. The van der Waals surface area contributed by atoms with Crippen LogP contribution in [0.5, 0.6) is 5.75 Å². The number of allylic oxidation sites excluding steroid dienone is 1. The van der Waals surface area contributed by atoms with Gasteiger partial charge in [-0.3, -0.25) is 4.79 Å². The largest absolute Gasteiger partial charge is 0.489 e. The highest BCUT2D eigenvalue weighted by Crippen LogP contribution is 2.29. The number of aromatic nitrogens is 3. The second-order valence-electron chi connectivity index (χ2n) is 7.88. The fourth-order valence-electron chi connectivity index (χ4n) is 3.62. The molecule has 0 aliphatic carbocycles. The number of nitrogens with one attached hydrogen (secondary N) is 2. The van der Waals surface area contributed by atoms with Crippen molar-refractivity contribution in [1.82, 2.24) is 15.0 Å². The van der Waals surface area contributed by atoms with Gasteiger partial charge in [0.2, 0.25) is 5.91 Å². The lowest BCUT2D eigenvalue weighted by Crippen LogP contribution is -2.09. The van der Waals surface area contributed by atoms with E-state index in [-0.39, 0.29) is 5.91 Å². The van der Waals surface area contributed by atoms with Crippen LogP contribution in [0, 0.1) is 6.92 Å². The average Bonchev–Trinajstić information content (AvgIpc) is 2.83. The van der Waals surface area contributed by atoms with Crippen LogP contribution in [0.15, 0.2) is 73.2 Å². The minimum Gasteiger partial charge on any atom is -0.489 e. The van der Waals surface area contributed by atoms with Gasteiger partial charge in [0.1, 0.15) is 30.3 Å². The molecule has 0 radical (unpaired) electrons. The molecule has 0 saturated heterocycles. The minimum absolute atomic E-state index is 0.241. The molecule has 0 spiro atoms. The van der Waals surface area contributed by atoms with Gasteiger partial charge >= 0.3 is 0 Å². The molecule has 0 atom stereocenters. The van der Waals surface area contributed by atoms with Gasteiger partial charge in [-0.15, -0.1) is 0 Å². The molecule has 0 unspecified atom stereocenters. The SMILES string of the molecule is C/C=C/C(=O)Nc1cc2c(Nc3ccc(OCc4cccc(C)c4)c(CC)c3)ncnc2cn1. The summed E-state index contributed by atoms with van der Waals surface area (Å²) < 4.78 is 6.11. The van der Waals surface area contributed by atoms with Crippen LogP contribution in [0.2, 0.25) is 0 Å². The summed E-state index contributed by atoms with van der Waals surface area (Å²) in [6.07, 6.45) is 7.05. The van der Waals surface area contributed by atoms with Crippen LogP contribution in [0.4, 0.5) is 17.3 Å². The minimum atomic E-state index is -0.241. The number of carbonyl (C=O) groups excluding carboxylic acids is 1. The van der Waals surface area contributed by atoms with E-state index in [2.05, 4.69) is 63.7 Å². The Morgan fingerprint density at radius 1 is 1.09 bits per heavy atom. The van der Waals surface area contributed by atoms with Gasteiger partial charge in [-0.05, 0) is 61.7 Å². The predicted octanol–water partition coefficient (Wildman–Crippen LogP) is 5.73. The molecule has 4 aromatic rings. The number of pyridine rings is 1. The first-order chi connectivity index (χ1) is 16.6. The van der Waals surface area contributed by atoms with E-state index < -0.39 is 0 Å². The van der Waals surface area contributed by atoms with Gasteiger partial charge in [-0.1, -0.05) is 42.8 Å². The van der Waals surface area contributed by atoms with Gasteiger partial charge in [0.15, 0.2) is 0 Å². The number of rotatable bonds is 8. The van der Waals surface area contributed by atoms with Crippen molar-refractivity contribution in [2.24, 2.45) is 0 Å². The Bertz CT molecular complexity index is 1350. The Hall–Kier alpha value is -4.26. The van der Waals surface area contributed by atoms with Gasteiger partial charge < -0.3 is 15.4 Å². The molecular formula is C27H27N5O2. The summed E-state index contributed by atoms with van der Waals surface area (Å²) in [4.78, 5) is 24.9. The zero-order valence-electron chi connectivity index (χ0n) is 19.5. The molecule has 0 bridgehead atoms. The molecule has 1 amide bonds. The highest BCUT2D eigenvalue weighted by Gasteiger charge is 2.10. The van der Waals surface area contributed by atoms with E-state index in [1.165, 1.54) is 18.0 Å². The van der Waals surface area contributed by atoms with Gasteiger partial charge in [-0.25, -0.2) is 15.0 Å². The first-order valence-corrected chi connectivity index (χ1v) is 11.2. The quantitative estimate of drug-likeness (QED) is 0.331. The molecule has 7 nitrogen and oxygen atoms in total. The Kier molecular flexibility index (Phi) is 7.13. The van der Waals surface area contributed by atoms with Crippen LogP contribution in [0.3, 0.4) is 0 Å². The van der Waals surface area contributed by atoms with E-state index in [9.17, 15) is 4.79 Å². The topological polar surface area (TPSA) is 89.0 Å². The third kappa shape index (κ3) is 5.56. The number of ether oxygens (including phenoxy) is 1. The molecule has 7 heteroatoms. The van der Waals surface area contributed by atoms with Crippen molar-refractivity contribution in [3.05, 3.63) is 89.9 Å². The van der Waals surface area contributed by atoms with Crippen molar-refractivity contribution < 1.29 is 9.53 Å². The Morgan fingerprint density at radius 3 is 2.76 bits per heavy atom. The molecule has 2 aromatic heterocycles. The van der Waals surface area contributed by atoms with E-state index in [1.54, 1.807) is 25.3 Å². The maximum Gasteiger partial charge on any atom is 0.249 e. The summed E-state index contributed by atoms with van der Waals surface area (Å²) in [7, 11) is 0. The van der Waals surface area contributed by atoms with Crippen molar-refractivity contribution in [2.45, 2.75) is 33.8 Å². The average molecular weight is 454 g/mol. The number of benzene rings is 2. The number of anilines is 3. The standard InChI is InChI=1S/C27H27N5O2/c1-4-7-26(33)32-25-14-22-23(15-28-25)29-17-30-27(22)31-21-10-11-24(20(5-2)13-21)34-16-19-9-6-8-18(3)12-19/h4,6-15,17H,5,16H2,1-3H3,(H,28,32,33)(H,29,30,31)/b7-4+. The van der Waals surface area contributed by atoms with Crippen molar-refractivity contribution in [1.29, 1.82) is 0 Å². The van der Waals surface area contributed by atoms with Gasteiger partial charge in [0.05, 0.1) is 11.7 Å². The van der Waals surface area contributed by atoms with E-state index in [4.69, 9.17) is 4.74 Å². The number of fused-ring (bicyclic) bond motifs is 1. The van der Waals surface area contributed by atoms with Crippen LogP contribution >= 0.6 is 0 Å². The zero-order chi connectivity index (χ0) is 23.9. The molecular weight excluding hydrogens is 426 g/mol. The monoisotopic (exact) mass is 453 g/mol. The molecule has 172 valence electrons. The number of hydrogen-bond acceptors (Lipinski definition) is 6. The lowest BCUT2D eigenvalue weighted by atomic mass is 10.1. The Labute approximate surface area is 198 Å². The third-order valence-corrected chi connectivity index (χ3v) is 5.27. The summed E-state index contributed by atoms with van der Waals surface area (Å²) in [6, 6.07) is 16.1.